The molecular formula is C11H13NO6. The number of rotatable bonds is 6. The van der Waals surface area contributed by atoms with Crippen molar-refractivity contribution in [3.05, 3.63) is 23.7 Å². The zero-order chi connectivity index (χ0) is 13.7. The number of hydrogen-bond acceptors (Lipinski definition) is 4. The third kappa shape index (κ3) is 3.34. The highest BCUT2D eigenvalue weighted by Crippen LogP contribution is 2.11. The number of furan rings is 1. The highest BCUT2D eigenvalue weighted by molar-refractivity contribution is 5.98. The Morgan fingerprint density at radius 3 is 2.56 bits per heavy atom. The van der Waals surface area contributed by atoms with Gasteiger partial charge in [0.1, 0.15) is 11.8 Å². The molecule has 1 aromatic heterocycles. The summed E-state index contributed by atoms with van der Waals surface area (Å²) in [6.45, 7) is 1.78. The second-order valence-electron chi connectivity index (χ2n) is 3.57. The number of nitrogens with one attached hydrogen (secondary N) is 1. The fourth-order valence-corrected chi connectivity index (χ4v) is 1.43. The number of carbonyl (C=O) groups is 3. The van der Waals surface area contributed by atoms with Crippen molar-refractivity contribution >= 4 is 17.8 Å². The number of carboxylic acid groups (broad SMARTS) is 2. The minimum Gasteiger partial charge on any atom is -0.481 e. The molecule has 98 valence electrons. The summed E-state index contributed by atoms with van der Waals surface area (Å²) < 4.78 is 5.03. The second-order valence-corrected chi connectivity index (χ2v) is 3.57. The molecule has 1 heterocycles. The molecule has 7 nitrogen and oxygen atoms in total. The van der Waals surface area contributed by atoms with E-state index in [1.165, 1.54) is 12.3 Å². The van der Waals surface area contributed by atoms with Gasteiger partial charge in [0.05, 0.1) is 18.2 Å². The molecule has 3 N–H and O–H groups in total. The van der Waals surface area contributed by atoms with Crippen LogP contribution in [0.4, 0.5) is 0 Å². The number of hydrogen-bond donors (Lipinski definition) is 3. The van der Waals surface area contributed by atoms with E-state index >= 15 is 0 Å². The van der Waals surface area contributed by atoms with Crippen LogP contribution in [-0.2, 0) is 16.0 Å². The SMILES string of the molecule is CCc1occc1C(=O)NC(CC(=O)O)C(=O)O. The Morgan fingerprint density at radius 1 is 1.39 bits per heavy atom. The number of carboxylic acids is 2. The number of carbonyl (C=O) groups excluding carboxylic acids is 1. The molecule has 1 unspecified atom stereocenters. The minimum atomic E-state index is -1.46. The van der Waals surface area contributed by atoms with E-state index < -0.39 is 30.3 Å². The molecule has 0 radical (unpaired) electrons. The maximum absolute atomic E-state index is 11.8. The summed E-state index contributed by atoms with van der Waals surface area (Å²) in [5, 5.41) is 19.5. The van der Waals surface area contributed by atoms with E-state index in [1.807, 2.05) is 0 Å². The highest BCUT2D eigenvalue weighted by Gasteiger charge is 2.25. The molecule has 1 rings (SSSR count). The highest BCUT2D eigenvalue weighted by atomic mass is 16.4. The summed E-state index contributed by atoms with van der Waals surface area (Å²) in [5.74, 6) is -2.93. The molecule has 1 amide bonds. The van der Waals surface area contributed by atoms with Crippen molar-refractivity contribution in [2.24, 2.45) is 0 Å². The predicted molar refractivity (Wildman–Crippen MR) is 59.2 cm³/mol. The molecule has 1 atom stereocenters. The van der Waals surface area contributed by atoms with Crippen LogP contribution in [0.2, 0.25) is 0 Å². The lowest BCUT2D eigenvalue weighted by Gasteiger charge is -2.11. The molecule has 0 aliphatic carbocycles. The average molecular weight is 255 g/mol. The minimum absolute atomic E-state index is 0.217. The third-order valence-corrected chi connectivity index (χ3v) is 2.29. The summed E-state index contributed by atoms with van der Waals surface area (Å²) in [6.07, 6.45) is 1.12. The summed E-state index contributed by atoms with van der Waals surface area (Å²) in [6, 6.07) is -0.0528. The molecule has 1 aromatic rings. The topological polar surface area (TPSA) is 117 Å². The lowest BCUT2D eigenvalue weighted by atomic mass is 10.1. The number of amides is 1. The first kappa shape index (κ1) is 13.8. The van der Waals surface area contributed by atoms with Gasteiger partial charge >= 0.3 is 11.9 Å². The summed E-state index contributed by atoms with van der Waals surface area (Å²) in [4.78, 5) is 33.0. The normalized spacial score (nSPS) is 11.8. The third-order valence-electron chi connectivity index (χ3n) is 2.29. The molecule has 0 saturated heterocycles. The Morgan fingerprint density at radius 2 is 2.06 bits per heavy atom. The van der Waals surface area contributed by atoms with Gasteiger partial charge in [-0.2, -0.15) is 0 Å². The van der Waals surface area contributed by atoms with Gasteiger partial charge in [0, 0.05) is 6.42 Å². The molecule has 0 fully saturated rings. The Kier molecular flexibility index (Phi) is 4.47. The van der Waals surface area contributed by atoms with Crippen LogP contribution in [0.25, 0.3) is 0 Å². The van der Waals surface area contributed by atoms with Gasteiger partial charge in [0.25, 0.3) is 5.91 Å². The largest absolute Gasteiger partial charge is 0.481 e. The molecule has 0 bridgehead atoms. The summed E-state index contributed by atoms with van der Waals surface area (Å²) in [5.41, 5.74) is 0.217. The van der Waals surface area contributed by atoms with Crippen molar-refractivity contribution in [3.8, 4) is 0 Å². The standard InChI is InChI=1S/C11H13NO6/c1-2-8-6(3-4-18-8)10(15)12-7(11(16)17)5-9(13)14/h3-4,7H,2,5H2,1H3,(H,12,15)(H,13,14)(H,16,17). The number of aliphatic carboxylic acids is 2. The van der Waals surface area contributed by atoms with Gasteiger partial charge in [0.2, 0.25) is 0 Å². The molecule has 7 heteroatoms. The average Bonchev–Trinajstić information content (AvgIpc) is 2.75. The van der Waals surface area contributed by atoms with Crippen molar-refractivity contribution in [1.29, 1.82) is 0 Å². The van der Waals surface area contributed by atoms with E-state index in [2.05, 4.69) is 5.32 Å². The van der Waals surface area contributed by atoms with E-state index in [4.69, 9.17) is 14.6 Å². The van der Waals surface area contributed by atoms with Gasteiger partial charge in [-0.15, -0.1) is 0 Å². The van der Waals surface area contributed by atoms with Crippen molar-refractivity contribution in [3.63, 3.8) is 0 Å². The molecule has 0 spiro atoms. The van der Waals surface area contributed by atoms with E-state index in [-0.39, 0.29) is 5.56 Å². The Labute approximate surface area is 102 Å². The van der Waals surface area contributed by atoms with Gasteiger partial charge in [-0.25, -0.2) is 4.79 Å². The maximum atomic E-state index is 11.8. The maximum Gasteiger partial charge on any atom is 0.326 e. The monoisotopic (exact) mass is 255 g/mol. The zero-order valence-corrected chi connectivity index (χ0v) is 9.67. The lowest BCUT2D eigenvalue weighted by Crippen LogP contribution is -2.42. The van der Waals surface area contributed by atoms with Crippen LogP contribution in [0.1, 0.15) is 29.5 Å². The van der Waals surface area contributed by atoms with Gasteiger partial charge < -0.3 is 19.9 Å². The first-order valence-electron chi connectivity index (χ1n) is 5.27. The van der Waals surface area contributed by atoms with Crippen molar-refractivity contribution < 1.29 is 29.0 Å². The number of aryl methyl sites for hydroxylation is 1. The summed E-state index contributed by atoms with van der Waals surface area (Å²) >= 11 is 0. The van der Waals surface area contributed by atoms with Crippen LogP contribution in [0.5, 0.6) is 0 Å². The smallest absolute Gasteiger partial charge is 0.326 e. The summed E-state index contributed by atoms with van der Waals surface area (Å²) in [7, 11) is 0. The molecule has 0 saturated carbocycles. The fourth-order valence-electron chi connectivity index (χ4n) is 1.43. The Balaban J connectivity index is 2.78. The van der Waals surface area contributed by atoms with Gasteiger partial charge in [-0.3, -0.25) is 9.59 Å². The van der Waals surface area contributed by atoms with Crippen LogP contribution < -0.4 is 5.32 Å². The fraction of sp³-hybridized carbons (Fsp3) is 0.364. The molecular weight excluding hydrogens is 242 g/mol. The van der Waals surface area contributed by atoms with Gasteiger partial charge in [-0.1, -0.05) is 6.92 Å². The van der Waals surface area contributed by atoms with E-state index in [1.54, 1.807) is 6.92 Å². The van der Waals surface area contributed by atoms with Crippen LogP contribution in [0.3, 0.4) is 0 Å². The van der Waals surface area contributed by atoms with Crippen LogP contribution >= 0.6 is 0 Å². The van der Waals surface area contributed by atoms with Gasteiger partial charge in [-0.05, 0) is 6.07 Å². The van der Waals surface area contributed by atoms with E-state index in [9.17, 15) is 14.4 Å². The van der Waals surface area contributed by atoms with Gasteiger partial charge in [0.15, 0.2) is 0 Å². The van der Waals surface area contributed by atoms with E-state index in [0.29, 0.717) is 12.2 Å². The first-order valence-corrected chi connectivity index (χ1v) is 5.27. The first-order chi connectivity index (χ1) is 8.45. The molecule has 0 aliphatic heterocycles. The Bertz CT molecular complexity index is 464. The molecule has 18 heavy (non-hydrogen) atoms. The van der Waals surface area contributed by atoms with E-state index in [0.717, 1.165) is 0 Å². The second kappa shape index (κ2) is 5.85. The predicted octanol–water partition coefficient (Wildman–Crippen LogP) is 0.500. The lowest BCUT2D eigenvalue weighted by molar-refractivity contribution is -0.145. The molecule has 0 aliphatic rings. The quantitative estimate of drug-likeness (QED) is 0.681. The van der Waals surface area contributed by atoms with Crippen molar-refractivity contribution in [2.75, 3.05) is 0 Å². The molecule has 0 aromatic carbocycles. The van der Waals surface area contributed by atoms with Crippen LogP contribution in [0.15, 0.2) is 16.7 Å². The van der Waals surface area contributed by atoms with Crippen LogP contribution in [0, 0.1) is 0 Å². The van der Waals surface area contributed by atoms with Crippen molar-refractivity contribution in [1.82, 2.24) is 5.32 Å². The van der Waals surface area contributed by atoms with Crippen molar-refractivity contribution in [2.45, 2.75) is 25.8 Å². The van der Waals surface area contributed by atoms with Crippen LogP contribution in [-0.4, -0.2) is 34.1 Å². The zero-order valence-electron chi connectivity index (χ0n) is 9.67. The Hall–Kier alpha value is -2.31.